The Morgan fingerprint density at radius 3 is 3.06 bits per heavy atom. The number of rotatable bonds is 0. The second-order valence-electron chi connectivity index (χ2n) is 3.85. The second kappa shape index (κ2) is 3.87. The predicted molar refractivity (Wildman–Crippen MR) is 67.8 cm³/mol. The first-order valence-electron chi connectivity index (χ1n) is 5.38. The van der Waals surface area contributed by atoms with Crippen molar-refractivity contribution < 1.29 is 4.74 Å². The van der Waals surface area contributed by atoms with Gasteiger partial charge in [-0.1, -0.05) is 42.6 Å². The highest BCUT2D eigenvalue weighted by atomic mass is 32.2. The molecule has 0 aromatic heterocycles. The van der Waals surface area contributed by atoms with Crippen molar-refractivity contribution in [3.05, 3.63) is 59.2 Å². The molecule has 1 aliphatic heterocycles. The summed E-state index contributed by atoms with van der Waals surface area (Å²) >= 11 is 1.81. The average Bonchev–Trinajstić information content (AvgIpc) is 2.45. The van der Waals surface area contributed by atoms with E-state index >= 15 is 0 Å². The zero-order valence-electron chi connectivity index (χ0n) is 8.90. The van der Waals surface area contributed by atoms with Gasteiger partial charge in [-0.2, -0.15) is 0 Å². The van der Waals surface area contributed by atoms with Crippen LogP contribution in [0.15, 0.2) is 58.6 Å². The van der Waals surface area contributed by atoms with Crippen LogP contribution in [0.1, 0.15) is 18.4 Å². The van der Waals surface area contributed by atoms with Crippen LogP contribution in [0.5, 0.6) is 0 Å². The summed E-state index contributed by atoms with van der Waals surface area (Å²) in [7, 11) is 0. The third-order valence-corrected chi connectivity index (χ3v) is 3.96. The van der Waals surface area contributed by atoms with E-state index in [0.717, 1.165) is 29.9 Å². The molecule has 80 valence electrons. The van der Waals surface area contributed by atoms with Crippen LogP contribution in [-0.2, 0) is 4.74 Å². The van der Waals surface area contributed by atoms with Gasteiger partial charge in [0.2, 0.25) is 0 Å². The first kappa shape index (κ1) is 9.79. The predicted octanol–water partition coefficient (Wildman–Crippen LogP) is 4.34. The molecule has 16 heavy (non-hydrogen) atoms. The Bertz CT molecular complexity index is 511. The van der Waals surface area contributed by atoms with Gasteiger partial charge in [-0.05, 0) is 25.0 Å². The number of allylic oxidation sites excluding steroid dienone is 3. The highest BCUT2D eigenvalue weighted by molar-refractivity contribution is 8.03. The highest BCUT2D eigenvalue weighted by Gasteiger charge is 2.19. The van der Waals surface area contributed by atoms with Gasteiger partial charge in [0.05, 0.1) is 0 Å². The van der Waals surface area contributed by atoms with Crippen LogP contribution < -0.4 is 0 Å². The summed E-state index contributed by atoms with van der Waals surface area (Å²) in [6, 6.07) is 8.27. The van der Waals surface area contributed by atoms with Crippen LogP contribution in [-0.4, -0.2) is 0 Å². The standard InChI is InChI=1S/C14H12OS/c1-10-11-6-2-4-8-13(11)16-14-9-5-3-7-12(14)15-10/h2-4,6-8H,1,5,9H2. The average molecular weight is 228 g/mol. The third-order valence-electron chi connectivity index (χ3n) is 2.74. The number of hydrogen-bond acceptors (Lipinski definition) is 2. The van der Waals surface area contributed by atoms with E-state index in [1.54, 1.807) is 0 Å². The van der Waals surface area contributed by atoms with Gasteiger partial charge in [0.25, 0.3) is 0 Å². The highest BCUT2D eigenvalue weighted by Crippen LogP contribution is 2.42. The molecule has 0 radical (unpaired) electrons. The minimum absolute atomic E-state index is 0.750. The largest absolute Gasteiger partial charge is 0.456 e. The zero-order valence-corrected chi connectivity index (χ0v) is 9.72. The number of fused-ring (bicyclic) bond motifs is 1. The van der Waals surface area contributed by atoms with Crippen molar-refractivity contribution in [3.8, 4) is 0 Å². The smallest absolute Gasteiger partial charge is 0.136 e. The van der Waals surface area contributed by atoms with Crippen molar-refractivity contribution >= 4 is 17.5 Å². The maximum Gasteiger partial charge on any atom is 0.136 e. The van der Waals surface area contributed by atoms with Crippen LogP contribution in [0.25, 0.3) is 5.76 Å². The maximum atomic E-state index is 5.82. The Morgan fingerprint density at radius 2 is 2.12 bits per heavy atom. The van der Waals surface area contributed by atoms with Gasteiger partial charge in [0, 0.05) is 15.4 Å². The van der Waals surface area contributed by atoms with E-state index in [0.29, 0.717) is 0 Å². The SMILES string of the molecule is C=C1OC2=C(CCC=C2)Sc2ccccc21. The van der Waals surface area contributed by atoms with Gasteiger partial charge in [0.1, 0.15) is 11.5 Å². The summed E-state index contributed by atoms with van der Waals surface area (Å²) in [6.45, 7) is 4.00. The molecule has 2 aliphatic rings. The molecule has 1 aromatic carbocycles. The Morgan fingerprint density at radius 1 is 1.25 bits per heavy atom. The zero-order chi connectivity index (χ0) is 11.0. The molecule has 1 aliphatic carbocycles. The first-order valence-corrected chi connectivity index (χ1v) is 6.20. The monoisotopic (exact) mass is 228 g/mol. The van der Waals surface area contributed by atoms with E-state index in [-0.39, 0.29) is 0 Å². The molecule has 0 atom stereocenters. The molecule has 1 nitrogen and oxygen atoms in total. The van der Waals surface area contributed by atoms with Gasteiger partial charge in [-0.3, -0.25) is 0 Å². The lowest BCUT2D eigenvalue weighted by atomic mass is 10.1. The number of thioether (sulfide) groups is 1. The van der Waals surface area contributed by atoms with E-state index in [1.807, 2.05) is 17.8 Å². The van der Waals surface area contributed by atoms with Crippen molar-refractivity contribution in [1.82, 2.24) is 0 Å². The Labute approximate surface area is 99.5 Å². The molecule has 1 aromatic rings. The molecule has 0 bridgehead atoms. The van der Waals surface area contributed by atoms with Crippen LogP contribution in [0, 0.1) is 0 Å². The quantitative estimate of drug-likeness (QED) is 0.653. The van der Waals surface area contributed by atoms with E-state index in [2.05, 4.69) is 36.9 Å². The van der Waals surface area contributed by atoms with Crippen molar-refractivity contribution in [2.45, 2.75) is 17.7 Å². The normalized spacial score (nSPS) is 18.6. The molecular formula is C14H12OS. The summed E-state index contributed by atoms with van der Waals surface area (Å²) in [5.41, 5.74) is 1.11. The van der Waals surface area contributed by atoms with Gasteiger partial charge >= 0.3 is 0 Å². The van der Waals surface area contributed by atoms with Crippen molar-refractivity contribution in [3.63, 3.8) is 0 Å². The van der Waals surface area contributed by atoms with E-state index in [9.17, 15) is 0 Å². The Hall–Kier alpha value is -1.41. The minimum atomic E-state index is 0.750. The molecule has 0 saturated heterocycles. The van der Waals surface area contributed by atoms with Crippen LogP contribution in [0.3, 0.4) is 0 Å². The van der Waals surface area contributed by atoms with E-state index in [1.165, 1.54) is 9.80 Å². The van der Waals surface area contributed by atoms with E-state index < -0.39 is 0 Å². The number of hydrogen-bond donors (Lipinski definition) is 0. The molecule has 3 rings (SSSR count). The fraction of sp³-hybridized carbons (Fsp3) is 0.143. The number of benzene rings is 1. The molecule has 0 amide bonds. The Balaban J connectivity index is 2.10. The summed E-state index contributed by atoms with van der Waals surface area (Å²) < 4.78 is 5.82. The third kappa shape index (κ3) is 1.59. The minimum Gasteiger partial charge on any atom is -0.456 e. The fourth-order valence-electron chi connectivity index (χ4n) is 1.92. The molecule has 0 unspecified atom stereocenters. The number of ether oxygens (including phenoxy) is 1. The van der Waals surface area contributed by atoms with Crippen molar-refractivity contribution in [2.75, 3.05) is 0 Å². The first-order chi connectivity index (χ1) is 7.84. The van der Waals surface area contributed by atoms with Crippen LogP contribution in [0.2, 0.25) is 0 Å². The molecule has 0 fully saturated rings. The maximum absolute atomic E-state index is 5.82. The van der Waals surface area contributed by atoms with Crippen LogP contribution >= 0.6 is 11.8 Å². The van der Waals surface area contributed by atoms with Crippen molar-refractivity contribution in [1.29, 1.82) is 0 Å². The van der Waals surface area contributed by atoms with Gasteiger partial charge in [0.15, 0.2) is 0 Å². The summed E-state index contributed by atoms with van der Waals surface area (Å²) in [6.07, 6.45) is 6.38. The molecule has 1 heterocycles. The summed E-state index contributed by atoms with van der Waals surface area (Å²) in [5, 5.41) is 0. The lowest BCUT2D eigenvalue weighted by molar-refractivity contribution is 0.396. The summed E-state index contributed by atoms with van der Waals surface area (Å²) in [4.78, 5) is 2.56. The molecule has 0 saturated carbocycles. The second-order valence-corrected chi connectivity index (χ2v) is 4.99. The van der Waals surface area contributed by atoms with Crippen LogP contribution in [0.4, 0.5) is 0 Å². The molecule has 0 N–H and O–H groups in total. The topological polar surface area (TPSA) is 9.23 Å². The van der Waals surface area contributed by atoms with E-state index in [4.69, 9.17) is 4.74 Å². The molecular weight excluding hydrogens is 216 g/mol. The van der Waals surface area contributed by atoms with Crippen molar-refractivity contribution in [2.24, 2.45) is 0 Å². The summed E-state index contributed by atoms with van der Waals surface area (Å²) in [5.74, 6) is 1.72. The lowest BCUT2D eigenvalue weighted by Crippen LogP contribution is -1.93. The fourth-order valence-corrected chi connectivity index (χ4v) is 3.05. The van der Waals surface area contributed by atoms with Gasteiger partial charge in [-0.15, -0.1) is 0 Å². The Kier molecular flexibility index (Phi) is 2.37. The molecule has 0 spiro atoms. The molecule has 2 heteroatoms. The van der Waals surface area contributed by atoms with Gasteiger partial charge < -0.3 is 4.74 Å². The lowest BCUT2D eigenvalue weighted by Gasteiger charge is -2.12. The van der Waals surface area contributed by atoms with Gasteiger partial charge in [-0.25, -0.2) is 0 Å².